The largest absolute Gasteiger partial charge is 0.573 e. The number of anilines is 1. The maximum atomic E-state index is 12.2. The zero-order chi connectivity index (χ0) is 20.6. The van der Waals surface area contributed by atoms with Gasteiger partial charge in [0.15, 0.2) is 5.96 Å². The molecule has 152 valence electrons. The standard InChI is InChI=1S/C19H22F3N3O3/c1-27-16-8-4-15(5-9-16)25-18(23)24-11-14(12-26)10-13-2-6-17(7-3-13)28-19(20,21)22/h2-9,14,26H,10-12H2,1H3,(H3,23,24,25). The second kappa shape index (κ2) is 9.84. The van der Waals surface area contributed by atoms with E-state index in [1.165, 1.54) is 24.3 Å². The van der Waals surface area contributed by atoms with Gasteiger partial charge in [0, 0.05) is 24.8 Å². The van der Waals surface area contributed by atoms with Crippen molar-refractivity contribution in [2.75, 3.05) is 25.6 Å². The van der Waals surface area contributed by atoms with Crippen LogP contribution in [0.5, 0.6) is 11.5 Å². The molecule has 28 heavy (non-hydrogen) atoms. The van der Waals surface area contributed by atoms with Crippen molar-refractivity contribution in [3.05, 3.63) is 54.1 Å². The SMILES string of the molecule is COc1ccc(NC(N)=NCC(CO)Cc2ccc(OC(F)(F)F)cc2)cc1. The molecule has 0 aliphatic rings. The zero-order valence-corrected chi connectivity index (χ0v) is 15.2. The topological polar surface area (TPSA) is 89.1 Å². The Labute approximate surface area is 160 Å². The number of nitrogens with one attached hydrogen (secondary N) is 1. The number of aliphatic imine (C=N–C) groups is 1. The van der Waals surface area contributed by atoms with Crippen LogP contribution in [0.3, 0.4) is 0 Å². The molecule has 0 bridgehead atoms. The van der Waals surface area contributed by atoms with E-state index < -0.39 is 6.36 Å². The number of rotatable bonds is 8. The molecule has 1 atom stereocenters. The van der Waals surface area contributed by atoms with Gasteiger partial charge in [0.1, 0.15) is 11.5 Å². The molecular weight excluding hydrogens is 375 g/mol. The van der Waals surface area contributed by atoms with Gasteiger partial charge in [-0.1, -0.05) is 12.1 Å². The molecule has 4 N–H and O–H groups in total. The van der Waals surface area contributed by atoms with Gasteiger partial charge in [-0.05, 0) is 48.4 Å². The fourth-order valence-electron chi connectivity index (χ4n) is 2.44. The summed E-state index contributed by atoms with van der Waals surface area (Å²) in [4.78, 5) is 4.21. The Balaban J connectivity index is 1.89. The highest BCUT2D eigenvalue weighted by Crippen LogP contribution is 2.23. The third-order valence-electron chi connectivity index (χ3n) is 3.82. The predicted molar refractivity (Wildman–Crippen MR) is 101 cm³/mol. The summed E-state index contributed by atoms with van der Waals surface area (Å²) in [5.41, 5.74) is 7.35. The molecule has 0 aliphatic heterocycles. The van der Waals surface area contributed by atoms with Gasteiger partial charge in [0.2, 0.25) is 0 Å². The van der Waals surface area contributed by atoms with Gasteiger partial charge >= 0.3 is 6.36 Å². The summed E-state index contributed by atoms with van der Waals surface area (Å²) in [7, 11) is 1.57. The number of nitrogens with zero attached hydrogens (tertiary/aromatic N) is 1. The third-order valence-corrected chi connectivity index (χ3v) is 3.82. The highest BCUT2D eigenvalue weighted by molar-refractivity contribution is 5.92. The summed E-state index contributed by atoms with van der Waals surface area (Å²) in [5, 5.41) is 12.5. The molecule has 0 saturated heterocycles. The van der Waals surface area contributed by atoms with Crippen molar-refractivity contribution in [1.82, 2.24) is 0 Å². The molecule has 0 aliphatic carbocycles. The van der Waals surface area contributed by atoms with Crippen molar-refractivity contribution in [1.29, 1.82) is 0 Å². The predicted octanol–water partition coefficient (Wildman–Crippen LogP) is 3.17. The normalized spacial score (nSPS) is 13.1. The number of hydrogen-bond donors (Lipinski definition) is 3. The molecule has 6 nitrogen and oxygen atoms in total. The first-order chi connectivity index (χ1) is 13.3. The van der Waals surface area contributed by atoms with Gasteiger partial charge in [0.05, 0.1) is 7.11 Å². The van der Waals surface area contributed by atoms with Crippen molar-refractivity contribution >= 4 is 11.6 Å². The van der Waals surface area contributed by atoms with E-state index in [9.17, 15) is 18.3 Å². The van der Waals surface area contributed by atoms with Crippen LogP contribution in [0.15, 0.2) is 53.5 Å². The van der Waals surface area contributed by atoms with Crippen LogP contribution in [0.1, 0.15) is 5.56 Å². The first kappa shape index (κ1) is 21.4. The van der Waals surface area contributed by atoms with E-state index in [0.29, 0.717) is 12.2 Å². The van der Waals surface area contributed by atoms with E-state index >= 15 is 0 Å². The number of halogens is 3. The average molecular weight is 397 g/mol. The molecule has 2 rings (SSSR count). The van der Waals surface area contributed by atoms with Crippen molar-refractivity contribution in [2.45, 2.75) is 12.8 Å². The minimum atomic E-state index is -4.72. The van der Waals surface area contributed by atoms with Crippen LogP contribution >= 0.6 is 0 Å². The number of alkyl halides is 3. The van der Waals surface area contributed by atoms with Crippen LogP contribution in [0.4, 0.5) is 18.9 Å². The minimum Gasteiger partial charge on any atom is -0.497 e. The summed E-state index contributed by atoms with van der Waals surface area (Å²) >= 11 is 0. The lowest BCUT2D eigenvalue weighted by atomic mass is 10.0. The monoisotopic (exact) mass is 397 g/mol. The number of aliphatic hydroxyl groups is 1. The van der Waals surface area contributed by atoms with E-state index in [-0.39, 0.29) is 30.8 Å². The molecule has 0 spiro atoms. The number of hydrogen-bond acceptors (Lipinski definition) is 4. The Morgan fingerprint density at radius 3 is 2.25 bits per heavy atom. The Morgan fingerprint density at radius 1 is 1.11 bits per heavy atom. The van der Waals surface area contributed by atoms with Gasteiger partial charge in [0.25, 0.3) is 0 Å². The van der Waals surface area contributed by atoms with Gasteiger partial charge < -0.3 is 25.6 Å². The fourth-order valence-corrected chi connectivity index (χ4v) is 2.44. The maximum Gasteiger partial charge on any atom is 0.573 e. The summed E-state index contributed by atoms with van der Waals surface area (Å²) in [6.07, 6.45) is -4.29. The van der Waals surface area contributed by atoms with E-state index in [0.717, 1.165) is 11.3 Å². The van der Waals surface area contributed by atoms with Crippen molar-refractivity contribution in [2.24, 2.45) is 16.6 Å². The van der Waals surface area contributed by atoms with Gasteiger partial charge in [-0.3, -0.25) is 4.99 Å². The second-order valence-corrected chi connectivity index (χ2v) is 6.02. The van der Waals surface area contributed by atoms with Crippen LogP contribution in [0, 0.1) is 5.92 Å². The average Bonchev–Trinajstić information content (AvgIpc) is 2.66. The van der Waals surface area contributed by atoms with Crippen LogP contribution in [0.25, 0.3) is 0 Å². The number of ether oxygens (including phenoxy) is 2. The molecule has 0 fully saturated rings. The van der Waals surface area contributed by atoms with Gasteiger partial charge in [-0.2, -0.15) is 0 Å². The highest BCUT2D eigenvalue weighted by atomic mass is 19.4. The van der Waals surface area contributed by atoms with Crippen LogP contribution in [0.2, 0.25) is 0 Å². The molecule has 0 saturated carbocycles. The molecule has 9 heteroatoms. The number of benzene rings is 2. The highest BCUT2D eigenvalue weighted by Gasteiger charge is 2.30. The zero-order valence-electron chi connectivity index (χ0n) is 15.2. The van der Waals surface area contributed by atoms with Crippen LogP contribution < -0.4 is 20.5 Å². The molecule has 1 unspecified atom stereocenters. The molecule has 2 aromatic carbocycles. The summed E-state index contributed by atoms with van der Waals surface area (Å²) in [6.45, 7) is 0.117. The van der Waals surface area contributed by atoms with Crippen LogP contribution in [-0.2, 0) is 6.42 Å². The van der Waals surface area contributed by atoms with Gasteiger partial charge in [-0.25, -0.2) is 0 Å². The van der Waals surface area contributed by atoms with Gasteiger partial charge in [-0.15, -0.1) is 13.2 Å². The molecule has 2 aromatic rings. The van der Waals surface area contributed by atoms with E-state index in [1.54, 1.807) is 31.4 Å². The lowest BCUT2D eigenvalue weighted by molar-refractivity contribution is -0.274. The van der Waals surface area contributed by atoms with Crippen molar-refractivity contribution < 1.29 is 27.8 Å². The van der Waals surface area contributed by atoms with Crippen molar-refractivity contribution in [3.8, 4) is 11.5 Å². The van der Waals surface area contributed by atoms with E-state index in [2.05, 4.69) is 15.0 Å². The number of nitrogens with two attached hydrogens (primary N) is 1. The fraction of sp³-hybridized carbons (Fsp3) is 0.316. The Bertz CT molecular complexity index is 763. The molecule has 0 radical (unpaired) electrons. The summed E-state index contributed by atoms with van der Waals surface area (Å²) < 4.78 is 45.5. The number of aliphatic hydroxyl groups excluding tert-OH is 1. The minimum absolute atomic E-state index is 0.139. The second-order valence-electron chi connectivity index (χ2n) is 6.02. The first-order valence-corrected chi connectivity index (χ1v) is 8.45. The quantitative estimate of drug-likeness (QED) is 0.470. The smallest absolute Gasteiger partial charge is 0.497 e. The molecule has 0 aromatic heterocycles. The van der Waals surface area contributed by atoms with Crippen LogP contribution in [-0.4, -0.2) is 37.7 Å². The lowest BCUT2D eigenvalue weighted by Crippen LogP contribution is -2.25. The van der Waals surface area contributed by atoms with Crippen molar-refractivity contribution in [3.63, 3.8) is 0 Å². The third kappa shape index (κ3) is 7.36. The summed E-state index contributed by atoms with van der Waals surface area (Å²) in [5.74, 6) is 0.388. The lowest BCUT2D eigenvalue weighted by Gasteiger charge is -2.14. The molecule has 0 heterocycles. The first-order valence-electron chi connectivity index (χ1n) is 8.45. The Morgan fingerprint density at radius 2 is 1.71 bits per heavy atom. The Kier molecular flexibility index (Phi) is 7.51. The Hall–Kier alpha value is -2.94. The number of methoxy groups -OCH3 is 1. The molecule has 0 amide bonds. The molecular formula is C19H22F3N3O3. The van der Waals surface area contributed by atoms with E-state index in [4.69, 9.17) is 10.5 Å². The maximum absolute atomic E-state index is 12.2. The van der Waals surface area contributed by atoms with E-state index in [1.807, 2.05) is 0 Å². The summed E-state index contributed by atoms with van der Waals surface area (Å²) in [6, 6.07) is 12.6. The number of guanidine groups is 1.